The largest absolute Gasteiger partial charge is 0.508 e. The lowest BCUT2D eigenvalue weighted by Gasteiger charge is -2.35. The van der Waals surface area contributed by atoms with E-state index in [1.165, 1.54) is 18.9 Å². The van der Waals surface area contributed by atoms with Crippen molar-refractivity contribution in [2.24, 2.45) is 5.92 Å². The van der Waals surface area contributed by atoms with Gasteiger partial charge in [0.1, 0.15) is 11.5 Å². The van der Waals surface area contributed by atoms with Gasteiger partial charge in [-0.1, -0.05) is 18.9 Å². The fourth-order valence-electron chi connectivity index (χ4n) is 2.95. The molecular weight excluding hydrogens is 311 g/mol. The number of hydrogen-bond donors (Lipinski definition) is 3. The van der Waals surface area contributed by atoms with E-state index in [-0.39, 0.29) is 42.4 Å². The van der Waals surface area contributed by atoms with Gasteiger partial charge in [-0.25, -0.2) is 0 Å². The number of phenolic OH excluding ortho intramolecular Hbond substituents is 2. The molecule has 1 saturated carbocycles. The van der Waals surface area contributed by atoms with Gasteiger partial charge in [0.2, 0.25) is 0 Å². The maximum Gasteiger partial charge on any atom is 0.124 e. The number of nitrogens with zero attached hydrogens (tertiary/aromatic N) is 1. The molecule has 120 valence electrons. The zero-order valence-corrected chi connectivity index (χ0v) is 13.6. The van der Waals surface area contributed by atoms with Crippen molar-refractivity contribution in [2.45, 2.75) is 25.3 Å². The van der Waals surface area contributed by atoms with E-state index in [1.807, 2.05) is 6.07 Å². The van der Waals surface area contributed by atoms with Crippen molar-refractivity contribution in [3.05, 3.63) is 23.8 Å². The van der Waals surface area contributed by atoms with E-state index in [4.69, 9.17) is 0 Å². The minimum atomic E-state index is 0. The molecule has 1 aliphatic heterocycles. The minimum absolute atomic E-state index is 0. The van der Waals surface area contributed by atoms with Crippen LogP contribution >= 0.6 is 24.8 Å². The van der Waals surface area contributed by atoms with Crippen LogP contribution in [-0.4, -0.2) is 41.3 Å². The van der Waals surface area contributed by atoms with Crippen molar-refractivity contribution in [2.75, 3.05) is 26.2 Å². The van der Waals surface area contributed by atoms with Crippen LogP contribution in [0.4, 0.5) is 0 Å². The Morgan fingerprint density at radius 1 is 1.14 bits per heavy atom. The first-order chi connectivity index (χ1) is 9.24. The number of hydrogen-bond acceptors (Lipinski definition) is 4. The van der Waals surface area contributed by atoms with Crippen LogP contribution in [0.1, 0.15) is 30.9 Å². The topological polar surface area (TPSA) is 55.7 Å². The summed E-state index contributed by atoms with van der Waals surface area (Å²) >= 11 is 0. The highest BCUT2D eigenvalue weighted by Crippen LogP contribution is 2.42. The summed E-state index contributed by atoms with van der Waals surface area (Å²) in [6, 6.07) is 5.30. The van der Waals surface area contributed by atoms with Gasteiger partial charge >= 0.3 is 0 Å². The Balaban J connectivity index is 0.00000110. The molecule has 6 heteroatoms. The molecule has 1 aliphatic carbocycles. The minimum Gasteiger partial charge on any atom is -0.508 e. The van der Waals surface area contributed by atoms with Gasteiger partial charge in [-0.2, -0.15) is 0 Å². The molecule has 0 aromatic heterocycles. The molecule has 2 fully saturated rings. The lowest BCUT2D eigenvalue weighted by Crippen LogP contribution is -2.45. The van der Waals surface area contributed by atoms with Gasteiger partial charge in [0.25, 0.3) is 0 Å². The van der Waals surface area contributed by atoms with Crippen molar-refractivity contribution >= 4 is 24.8 Å². The van der Waals surface area contributed by atoms with Gasteiger partial charge in [-0.3, -0.25) is 4.90 Å². The molecule has 2 aliphatic rings. The molecular formula is C15H24Cl2N2O2. The van der Waals surface area contributed by atoms with Crippen LogP contribution in [0, 0.1) is 5.92 Å². The van der Waals surface area contributed by atoms with Gasteiger partial charge in [0, 0.05) is 43.9 Å². The van der Waals surface area contributed by atoms with Crippen LogP contribution < -0.4 is 5.32 Å². The predicted molar refractivity (Wildman–Crippen MR) is 88.8 cm³/mol. The quantitative estimate of drug-likeness (QED) is 0.792. The molecule has 1 heterocycles. The Hall–Kier alpha value is -0.680. The third-order valence-electron chi connectivity index (χ3n) is 4.22. The Labute approximate surface area is 138 Å². The highest BCUT2D eigenvalue weighted by atomic mass is 35.5. The highest BCUT2D eigenvalue weighted by molar-refractivity contribution is 5.85. The predicted octanol–water partition coefficient (Wildman–Crippen LogP) is 2.69. The number of piperazine rings is 1. The second-order valence-corrected chi connectivity index (χ2v) is 5.72. The van der Waals surface area contributed by atoms with E-state index in [0.29, 0.717) is 0 Å². The molecule has 0 bridgehead atoms. The maximum absolute atomic E-state index is 10.1. The number of phenols is 2. The summed E-state index contributed by atoms with van der Waals surface area (Å²) in [7, 11) is 0. The molecule has 1 atom stereocenters. The summed E-state index contributed by atoms with van der Waals surface area (Å²) in [5.41, 5.74) is 0.964. The molecule has 1 aromatic carbocycles. The van der Waals surface area contributed by atoms with Crippen molar-refractivity contribution in [3.63, 3.8) is 0 Å². The van der Waals surface area contributed by atoms with Crippen molar-refractivity contribution in [1.29, 1.82) is 0 Å². The van der Waals surface area contributed by atoms with Gasteiger partial charge in [-0.05, 0) is 18.4 Å². The summed E-state index contributed by atoms with van der Waals surface area (Å²) in [6.07, 6.45) is 3.77. The molecule has 0 radical (unpaired) electrons. The number of nitrogens with one attached hydrogen (secondary N) is 1. The monoisotopic (exact) mass is 334 g/mol. The first kappa shape index (κ1) is 18.4. The number of aromatic hydroxyl groups is 2. The number of halogens is 2. The Morgan fingerprint density at radius 3 is 2.38 bits per heavy atom. The second-order valence-electron chi connectivity index (χ2n) is 5.72. The van der Waals surface area contributed by atoms with E-state index in [2.05, 4.69) is 10.2 Å². The average Bonchev–Trinajstić information content (AvgIpc) is 3.22. The lowest BCUT2D eigenvalue weighted by molar-refractivity contribution is 0.158. The van der Waals surface area contributed by atoms with Crippen LogP contribution in [0.3, 0.4) is 0 Å². The Bertz CT molecular complexity index is 449. The summed E-state index contributed by atoms with van der Waals surface area (Å²) in [6.45, 7) is 4.08. The normalized spacial score (nSPS) is 20.2. The van der Waals surface area contributed by atoms with Crippen molar-refractivity contribution < 1.29 is 10.2 Å². The first-order valence-electron chi connectivity index (χ1n) is 7.20. The summed E-state index contributed by atoms with van der Waals surface area (Å²) < 4.78 is 0. The second kappa shape index (κ2) is 8.08. The first-order valence-corrected chi connectivity index (χ1v) is 7.20. The van der Waals surface area contributed by atoms with E-state index in [0.717, 1.165) is 44.1 Å². The van der Waals surface area contributed by atoms with E-state index in [9.17, 15) is 10.2 Å². The molecule has 1 saturated heterocycles. The van der Waals surface area contributed by atoms with E-state index >= 15 is 0 Å². The van der Waals surface area contributed by atoms with Crippen molar-refractivity contribution in [1.82, 2.24) is 10.2 Å². The molecule has 3 N–H and O–H groups in total. The van der Waals surface area contributed by atoms with Crippen LogP contribution in [0.2, 0.25) is 0 Å². The third-order valence-corrected chi connectivity index (χ3v) is 4.22. The summed E-state index contributed by atoms with van der Waals surface area (Å²) in [5, 5.41) is 22.9. The van der Waals surface area contributed by atoms with Crippen LogP contribution in [0.5, 0.6) is 11.5 Å². The molecule has 21 heavy (non-hydrogen) atoms. The maximum atomic E-state index is 10.1. The van der Waals surface area contributed by atoms with Crippen LogP contribution in [-0.2, 0) is 0 Å². The standard InChI is InChI=1S/C15H22N2O2.2ClH/c18-12-3-4-13(15(19)10-12)14(9-11-1-2-11)17-7-5-16-6-8-17;;/h3-4,10-11,14,16,18-19H,1-2,5-9H2;2*1H/t14-;;/m1../s1. The van der Waals surface area contributed by atoms with Crippen LogP contribution in [0.25, 0.3) is 0 Å². The van der Waals surface area contributed by atoms with Gasteiger partial charge in [0.15, 0.2) is 0 Å². The zero-order valence-electron chi connectivity index (χ0n) is 12.0. The molecule has 3 rings (SSSR count). The Morgan fingerprint density at radius 2 is 1.81 bits per heavy atom. The van der Waals surface area contributed by atoms with Gasteiger partial charge in [0.05, 0.1) is 0 Å². The average molecular weight is 335 g/mol. The zero-order chi connectivity index (χ0) is 13.2. The Kier molecular flexibility index (Phi) is 7.07. The molecule has 4 nitrogen and oxygen atoms in total. The summed E-state index contributed by atoms with van der Waals surface area (Å²) in [5.74, 6) is 1.17. The number of benzene rings is 1. The summed E-state index contributed by atoms with van der Waals surface area (Å²) in [4.78, 5) is 2.46. The lowest BCUT2D eigenvalue weighted by atomic mass is 9.97. The number of rotatable bonds is 4. The van der Waals surface area contributed by atoms with Crippen molar-refractivity contribution in [3.8, 4) is 11.5 Å². The van der Waals surface area contributed by atoms with Crippen LogP contribution in [0.15, 0.2) is 18.2 Å². The molecule has 1 aromatic rings. The third kappa shape index (κ3) is 4.65. The highest BCUT2D eigenvalue weighted by Gasteiger charge is 2.31. The van der Waals surface area contributed by atoms with E-state index in [1.54, 1.807) is 6.07 Å². The molecule has 0 spiro atoms. The molecule has 0 unspecified atom stereocenters. The van der Waals surface area contributed by atoms with Gasteiger partial charge < -0.3 is 15.5 Å². The van der Waals surface area contributed by atoms with Gasteiger partial charge in [-0.15, -0.1) is 24.8 Å². The fourth-order valence-corrected chi connectivity index (χ4v) is 2.95. The smallest absolute Gasteiger partial charge is 0.124 e. The SMILES string of the molecule is Cl.Cl.Oc1ccc([C@@H](CC2CC2)N2CCNCC2)c(O)c1. The molecule has 0 amide bonds. The van der Waals surface area contributed by atoms with E-state index < -0.39 is 0 Å². The fraction of sp³-hybridized carbons (Fsp3) is 0.600.